The van der Waals surface area contributed by atoms with E-state index in [4.69, 9.17) is 15.5 Å². The number of ether oxygens (including phenoxy) is 1. The van der Waals surface area contributed by atoms with E-state index in [2.05, 4.69) is 15.0 Å². The summed E-state index contributed by atoms with van der Waals surface area (Å²) in [4.78, 5) is 33.5. The fourth-order valence-electron chi connectivity index (χ4n) is 4.89. The number of rotatable bonds is 6. The molecule has 0 bridgehead atoms. The first kappa shape index (κ1) is 24.6. The average molecular weight is 531 g/mol. The lowest BCUT2D eigenvalue weighted by Gasteiger charge is -2.22. The summed E-state index contributed by atoms with van der Waals surface area (Å²) in [6, 6.07) is 11.7. The summed E-state index contributed by atoms with van der Waals surface area (Å²) in [5, 5.41) is 0.644. The van der Waals surface area contributed by atoms with Crippen molar-refractivity contribution in [1.29, 1.82) is 0 Å². The Morgan fingerprint density at radius 1 is 1.11 bits per heavy atom. The second-order valence-corrected chi connectivity index (χ2v) is 11.4. The molecular weight excluding hydrogens is 503 g/mol. The standard InChI is InChI=1S/C28H27FN6O2S/c1-15-24(38-26(33-15)25-31-9-4-10-32-25)27(36)35-13-19-20(14-35)23(19)37-18-11-21(16-5-7-17(29)8-6-16)34-22(12-18)28(2,3)30/h4-12,19-20,23H,13-14,30H2,1-3H3. The van der Waals surface area contributed by atoms with E-state index in [1.165, 1.54) is 23.5 Å². The van der Waals surface area contributed by atoms with Crippen molar-refractivity contribution in [2.24, 2.45) is 17.6 Å². The number of hydrogen-bond donors (Lipinski definition) is 1. The number of carbonyl (C=O) groups excluding carboxylic acids is 1. The van der Waals surface area contributed by atoms with Crippen LogP contribution in [0.5, 0.6) is 5.75 Å². The van der Waals surface area contributed by atoms with Crippen molar-refractivity contribution in [3.63, 3.8) is 0 Å². The van der Waals surface area contributed by atoms with Crippen molar-refractivity contribution in [2.75, 3.05) is 13.1 Å². The number of aryl methyl sites for hydroxylation is 1. The van der Waals surface area contributed by atoms with E-state index in [0.29, 0.717) is 51.6 Å². The quantitative estimate of drug-likeness (QED) is 0.392. The van der Waals surface area contributed by atoms with Gasteiger partial charge in [-0.05, 0) is 51.1 Å². The summed E-state index contributed by atoms with van der Waals surface area (Å²) in [5.74, 6) is 1.42. The molecule has 4 heterocycles. The minimum Gasteiger partial charge on any atom is -0.490 e. The van der Waals surface area contributed by atoms with Crippen molar-refractivity contribution >= 4 is 17.2 Å². The summed E-state index contributed by atoms with van der Waals surface area (Å²) >= 11 is 1.33. The maximum Gasteiger partial charge on any atom is 0.265 e. The average Bonchev–Trinajstić information content (AvgIpc) is 3.22. The maximum absolute atomic E-state index is 13.5. The fraction of sp³-hybridized carbons (Fsp3) is 0.321. The van der Waals surface area contributed by atoms with Crippen molar-refractivity contribution in [3.05, 3.63) is 76.9 Å². The molecule has 1 saturated heterocycles. The molecule has 6 rings (SSSR count). The molecule has 1 aromatic carbocycles. The molecule has 1 aliphatic heterocycles. The molecule has 2 atom stereocenters. The number of hydrogen-bond acceptors (Lipinski definition) is 8. The van der Waals surface area contributed by atoms with Gasteiger partial charge in [-0.3, -0.25) is 9.78 Å². The summed E-state index contributed by atoms with van der Waals surface area (Å²) in [6.45, 7) is 6.89. The second-order valence-electron chi connectivity index (χ2n) is 10.4. The fourth-order valence-corrected chi connectivity index (χ4v) is 5.87. The molecule has 2 N–H and O–H groups in total. The highest BCUT2D eigenvalue weighted by atomic mass is 32.1. The third kappa shape index (κ3) is 4.65. The molecule has 10 heteroatoms. The van der Waals surface area contributed by atoms with Gasteiger partial charge in [-0.25, -0.2) is 19.3 Å². The Balaban J connectivity index is 1.16. The number of amides is 1. The van der Waals surface area contributed by atoms with Crippen LogP contribution >= 0.6 is 11.3 Å². The number of benzene rings is 1. The van der Waals surface area contributed by atoms with Crippen molar-refractivity contribution in [1.82, 2.24) is 24.8 Å². The second kappa shape index (κ2) is 9.21. The van der Waals surface area contributed by atoms with Crippen LogP contribution in [0.2, 0.25) is 0 Å². The smallest absolute Gasteiger partial charge is 0.265 e. The van der Waals surface area contributed by atoms with E-state index in [-0.39, 0.29) is 29.7 Å². The Kier molecular flexibility index (Phi) is 5.96. The number of piperidine rings is 1. The zero-order valence-electron chi connectivity index (χ0n) is 21.3. The van der Waals surface area contributed by atoms with Crippen LogP contribution in [0.4, 0.5) is 4.39 Å². The first-order chi connectivity index (χ1) is 18.2. The first-order valence-corrected chi connectivity index (χ1v) is 13.3. The van der Waals surface area contributed by atoms with Crippen LogP contribution in [-0.4, -0.2) is 49.9 Å². The van der Waals surface area contributed by atoms with Gasteiger partial charge < -0.3 is 15.4 Å². The first-order valence-electron chi connectivity index (χ1n) is 12.5. The maximum atomic E-state index is 13.5. The number of carbonyl (C=O) groups is 1. The van der Waals surface area contributed by atoms with Gasteiger partial charge in [0.25, 0.3) is 5.91 Å². The van der Waals surface area contributed by atoms with Gasteiger partial charge in [0.15, 0.2) is 10.8 Å². The van der Waals surface area contributed by atoms with Crippen LogP contribution in [0.15, 0.2) is 54.9 Å². The van der Waals surface area contributed by atoms with Gasteiger partial charge in [0.05, 0.1) is 22.6 Å². The summed E-state index contributed by atoms with van der Waals surface area (Å²) in [5.41, 5.74) is 8.53. The number of thiazole rings is 1. The third-order valence-corrected chi connectivity index (χ3v) is 8.16. The molecule has 1 aliphatic carbocycles. The molecule has 2 unspecified atom stereocenters. The van der Waals surface area contributed by atoms with Crippen LogP contribution in [0.3, 0.4) is 0 Å². The van der Waals surface area contributed by atoms with Gasteiger partial charge in [-0.1, -0.05) is 0 Å². The lowest BCUT2D eigenvalue weighted by molar-refractivity contribution is 0.0756. The van der Waals surface area contributed by atoms with E-state index in [1.807, 2.05) is 37.8 Å². The van der Waals surface area contributed by atoms with Gasteiger partial charge in [-0.15, -0.1) is 11.3 Å². The zero-order valence-corrected chi connectivity index (χ0v) is 22.1. The summed E-state index contributed by atoms with van der Waals surface area (Å²) in [7, 11) is 0. The predicted octanol–water partition coefficient (Wildman–Crippen LogP) is 4.45. The van der Waals surface area contributed by atoms with Gasteiger partial charge in [-0.2, -0.15) is 0 Å². The zero-order chi connectivity index (χ0) is 26.6. The largest absolute Gasteiger partial charge is 0.490 e. The molecule has 2 aliphatic rings. The highest BCUT2D eigenvalue weighted by molar-refractivity contribution is 7.17. The monoisotopic (exact) mass is 530 g/mol. The van der Waals surface area contributed by atoms with Crippen LogP contribution in [0.1, 0.15) is 34.9 Å². The van der Waals surface area contributed by atoms with E-state index < -0.39 is 5.54 Å². The topological polar surface area (TPSA) is 107 Å². The number of nitrogens with zero attached hydrogens (tertiary/aromatic N) is 5. The lowest BCUT2D eigenvalue weighted by atomic mass is 10.00. The molecule has 0 radical (unpaired) electrons. The van der Waals surface area contributed by atoms with Crippen molar-refractivity contribution in [3.8, 4) is 27.8 Å². The van der Waals surface area contributed by atoms with Crippen LogP contribution in [0, 0.1) is 24.6 Å². The number of halogens is 1. The molecular formula is C28H27FN6O2S. The SMILES string of the molecule is Cc1nc(-c2ncccn2)sc1C(=O)N1CC2C(C1)C2Oc1cc(-c2ccc(F)cc2)nc(C(C)(C)N)c1. The molecule has 4 aromatic rings. The molecule has 1 saturated carbocycles. The van der Waals surface area contributed by atoms with E-state index >= 15 is 0 Å². The van der Waals surface area contributed by atoms with Crippen molar-refractivity contribution < 1.29 is 13.9 Å². The Labute approximate surface area is 223 Å². The molecule has 194 valence electrons. The van der Waals surface area contributed by atoms with Crippen molar-refractivity contribution in [2.45, 2.75) is 32.4 Å². The van der Waals surface area contributed by atoms with Crippen LogP contribution in [-0.2, 0) is 5.54 Å². The predicted molar refractivity (Wildman–Crippen MR) is 142 cm³/mol. The Morgan fingerprint density at radius 3 is 2.45 bits per heavy atom. The van der Waals surface area contributed by atoms with Gasteiger partial charge in [0.1, 0.15) is 22.5 Å². The van der Waals surface area contributed by atoms with E-state index in [0.717, 1.165) is 5.56 Å². The number of likely N-dealkylation sites (tertiary alicyclic amines) is 1. The lowest BCUT2D eigenvalue weighted by Crippen LogP contribution is -2.33. The number of aromatic nitrogens is 4. The van der Waals surface area contributed by atoms with Crippen LogP contribution in [0.25, 0.3) is 22.1 Å². The number of pyridine rings is 1. The van der Waals surface area contributed by atoms with Gasteiger partial charge >= 0.3 is 0 Å². The molecule has 8 nitrogen and oxygen atoms in total. The minimum absolute atomic E-state index is 0.0113. The highest BCUT2D eigenvalue weighted by Gasteiger charge is 2.59. The number of fused-ring (bicyclic) bond motifs is 1. The molecule has 0 spiro atoms. The Bertz CT molecular complexity index is 1490. The highest BCUT2D eigenvalue weighted by Crippen LogP contribution is 2.49. The van der Waals surface area contributed by atoms with Crippen LogP contribution < -0.4 is 10.5 Å². The number of nitrogens with two attached hydrogens (primary N) is 1. The van der Waals surface area contributed by atoms with Gasteiger partial charge in [0.2, 0.25) is 0 Å². The molecule has 1 amide bonds. The minimum atomic E-state index is -0.674. The third-order valence-electron chi connectivity index (χ3n) is 7.02. The summed E-state index contributed by atoms with van der Waals surface area (Å²) < 4.78 is 19.9. The molecule has 3 aromatic heterocycles. The Morgan fingerprint density at radius 2 is 1.79 bits per heavy atom. The summed E-state index contributed by atoms with van der Waals surface area (Å²) in [6.07, 6.45) is 3.35. The Hall–Kier alpha value is -3.76. The van der Waals surface area contributed by atoms with E-state index in [9.17, 15) is 9.18 Å². The normalized spacial score (nSPS) is 20.3. The van der Waals surface area contributed by atoms with Gasteiger partial charge in [0, 0.05) is 55.0 Å². The molecule has 38 heavy (non-hydrogen) atoms. The van der Waals surface area contributed by atoms with E-state index in [1.54, 1.807) is 30.6 Å². The molecule has 2 fully saturated rings.